The van der Waals surface area contributed by atoms with Gasteiger partial charge in [-0.05, 0) is 66.2 Å². The van der Waals surface area contributed by atoms with Crippen molar-refractivity contribution in [3.05, 3.63) is 84.2 Å². The number of nitrogens with one attached hydrogen (secondary N) is 1. The van der Waals surface area contributed by atoms with Crippen molar-refractivity contribution in [2.45, 2.75) is 0 Å². The third-order valence-corrected chi connectivity index (χ3v) is 4.36. The van der Waals surface area contributed by atoms with Crippen LogP contribution in [-0.4, -0.2) is 20.8 Å². The van der Waals surface area contributed by atoms with E-state index in [0.717, 1.165) is 10.3 Å². The average Bonchev–Trinajstić information content (AvgIpc) is 3.04. The lowest BCUT2D eigenvalue weighted by molar-refractivity contribution is -0.111. The second kappa shape index (κ2) is 7.47. The lowest BCUT2D eigenvalue weighted by atomic mass is 10.2. The van der Waals surface area contributed by atoms with Gasteiger partial charge in [-0.1, -0.05) is 12.1 Å². The van der Waals surface area contributed by atoms with Gasteiger partial charge in [-0.25, -0.2) is 9.37 Å². The Morgan fingerprint density at radius 1 is 1.07 bits per heavy atom. The monoisotopic (exact) mass is 388 g/mol. The second-order valence-electron chi connectivity index (χ2n) is 6.45. The van der Waals surface area contributed by atoms with Crippen LogP contribution in [0.5, 0.6) is 0 Å². The van der Waals surface area contributed by atoms with Gasteiger partial charge in [0.05, 0.1) is 5.52 Å². The molecule has 7 heteroatoms. The van der Waals surface area contributed by atoms with E-state index in [-0.39, 0.29) is 11.7 Å². The van der Waals surface area contributed by atoms with E-state index in [1.165, 1.54) is 18.2 Å². The molecule has 3 aromatic carbocycles. The topological polar surface area (TPSA) is 93.2 Å². The molecule has 0 aliphatic rings. The smallest absolute Gasteiger partial charge is 0.248 e. The fourth-order valence-electron chi connectivity index (χ4n) is 2.90. The number of aromatic nitrogens is 2. The zero-order valence-electron chi connectivity index (χ0n) is 15.2. The maximum Gasteiger partial charge on any atom is 0.248 e. The molecule has 144 valence electrons. The zero-order valence-corrected chi connectivity index (χ0v) is 15.2. The van der Waals surface area contributed by atoms with Gasteiger partial charge in [0.15, 0.2) is 5.82 Å². The van der Waals surface area contributed by atoms with Gasteiger partial charge in [0, 0.05) is 23.0 Å². The lowest BCUT2D eigenvalue weighted by Crippen LogP contribution is -2.07. The number of nitrogens with two attached hydrogens (primary N) is 1. The Balaban J connectivity index is 1.48. The van der Waals surface area contributed by atoms with Crippen molar-refractivity contribution < 1.29 is 14.4 Å². The predicted octanol–water partition coefficient (Wildman–Crippen LogP) is 4.31. The van der Waals surface area contributed by atoms with Crippen LogP contribution in [0, 0.1) is 5.82 Å². The summed E-state index contributed by atoms with van der Waals surface area (Å²) in [5.74, 6) is -0.266. The third-order valence-electron chi connectivity index (χ3n) is 4.36. The molecule has 4 aromatic rings. The number of anilines is 2. The number of fused-ring (bicyclic) bond motifs is 1. The first-order valence-electron chi connectivity index (χ1n) is 8.82. The quantitative estimate of drug-likeness (QED) is 0.276. The number of hydrogen-bond acceptors (Lipinski definition) is 4. The summed E-state index contributed by atoms with van der Waals surface area (Å²) >= 11 is 0. The SMILES string of the molecule is Nc1ccc2nc(-c3ccc(NC(=O)/C=C/c4ccc(F)cc4)cc3)n(O)c2c1. The molecule has 4 N–H and O–H groups in total. The Hall–Kier alpha value is -4.13. The Morgan fingerprint density at radius 2 is 1.79 bits per heavy atom. The molecule has 0 saturated heterocycles. The summed E-state index contributed by atoms with van der Waals surface area (Å²) in [4.78, 5) is 16.5. The molecule has 1 amide bonds. The molecule has 0 saturated carbocycles. The lowest BCUT2D eigenvalue weighted by Gasteiger charge is -2.05. The number of benzene rings is 3. The van der Waals surface area contributed by atoms with Gasteiger partial charge in [0.25, 0.3) is 0 Å². The maximum absolute atomic E-state index is 12.9. The van der Waals surface area contributed by atoms with Crippen LogP contribution in [0.4, 0.5) is 15.8 Å². The summed E-state index contributed by atoms with van der Waals surface area (Å²) in [5, 5.41) is 13.1. The molecule has 1 aromatic heterocycles. The fourth-order valence-corrected chi connectivity index (χ4v) is 2.90. The van der Waals surface area contributed by atoms with E-state index in [2.05, 4.69) is 10.3 Å². The summed E-state index contributed by atoms with van der Waals surface area (Å²) < 4.78 is 13.9. The first-order chi connectivity index (χ1) is 14.0. The van der Waals surface area contributed by atoms with Gasteiger partial charge in [0.2, 0.25) is 5.91 Å². The Kier molecular flexibility index (Phi) is 4.70. The van der Waals surface area contributed by atoms with Crippen LogP contribution in [0.1, 0.15) is 5.56 Å². The van der Waals surface area contributed by atoms with Crippen LogP contribution in [0.3, 0.4) is 0 Å². The fraction of sp³-hybridized carbons (Fsp3) is 0. The van der Waals surface area contributed by atoms with E-state index >= 15 is 0 Å². The van der Waals surface area contributed by atoms with Crippen molar-refractivity contribution in [3.8, 4) is 11.4 Å². The molecule has 29 heavy (non-hydrogen) atoms. The Morgan fingerprint density at radius 3 is 2.52 bits per heavy atom. The molecular formula is C22H17FN4O2. The number of halogens is 1. The molecule has 0 fully saturated rings. The van der Waals surface area contributed by atoms with E-state index in [4.69, 9.17) is 5.73 Å². The van der Waals surface area contributed by atoms with Crippen molar-refractivity contribution in [1.29, 1.82) is 0 Å². The number of nitrogens with zero attached hydrogens (tertiary/aromatic N) is 2. The van der Waals surface area contributed by atoms with Crippen molar-refractivity contribution in [2.24, 2.45) is 0 Å². The molecule has 0 aliphatic carbocycles. The van der Waals surface area contributed by atoms with Gasteiger partial charge in [-0.2, -0.15) is 4.73 Å². The second-order valence-corrected chi connectivity index (χ2v) is 6.45. The van der Waals surface area contributed by atoms with Crippen molar-refractivity contribution in [1.82, 2.24) is 9.71 Å². The molecular weight excluding hydrogens is 371 g/mol. The summed E-state index contributed by atoms with van der Waals surface area (Å²) in [6.07, 6.45) is 2.97. The minimum atomic E-state index is -0.327. The minimum Gasteiger partial charge on any atom is -0.426 e. The van der Waals surface area contributed by atoms with Crippen molar-refractivity contribution in [3.63, 3.8) is 0 Å². The number of amides is 1. The first-order valence-corrected chi connectivity index (χ1v) is 8.82. The first kappa shape index (κ1) is 18.2. The summed E-state index contributed by atoms with van der Waals surface area (Å²) in [6.45, 7) is 0. The molecule has 0 spiro atoms. The van der Waals surface area contributed by atoms with E-state index < -0.39 is 0 Å². The van der Waals surface area contributed by atoms with Crippen molar-refractivity contribution >= 4 is 34.4 Å². The summed E-state index contributed by atoms with van der Waals surface area (Å²) in [7, 11) is 0. The Labute approximate surface area is 165 Å². The summed E-state index contributed by atoms with van der Waals surface area (Å²) in [6, 6.07) is 17.9. The van der Waals surface area contributed by atoms with Crippen LogP contribution < -0.4 is 11.1 Å². The van der Waals surface area contributed by atoms with Crippen LogP contribution in [-0.2, 0) is 4.79 Å². The average molecular weight is 388 g/mol. The molecule has 0 unspecified atom stereocenters. The highest BCUT2D eigenvalue weighted by Gasteiger charge is 2.12. The highest BCUT2D eigenvalue weighted by atomic mass is 19.1. The highest BCUT2D eigenvalue weighted by Crippen LogP contribution is 2.25. The van der Waals surface area contributed by atoms with Gasteiger partial charge in [0.1, 0.15) is 11.3 Å². The van der Waals surface area contributed by atoms with Crippen LogP contribution in [0.15, 0.2) is 72.8 Å². The molecule has 6 nitrogen and oxygen atoms in total. The number of carbonyl (C=O) groups is 1. The standard InChI is InChI=1S/C22H17FN4O2/c23-16-6-1-14(2-7-16)3-12-21(28)25-18-9-4-15(5-10-18)22-26-19-11-8-17(24)13-20(19)27(22)29/h1-13,29H,24H2,(H,25,28)/b12-3+. The van der Waals surface area contributed by atoms with Gasteiger partial charge in [-0.15, -0.1) is 0 Å². The number of nitrogen functional groups attached to an aromatic ring is 1. The zero-order chi connectivity index (χ0) is 20.4. The number of imidazole rings is 1. The number of hydrogen-bond donors (Lipinski definition) is 3. The highest BCUT2D eigenvalue weighted by molar-refractivity contribution is 6.02. The molecule has 4 rings (SSSR count). The minimum absolute atomic E-state index is 0.313. The van der Waals surface area contributed by atoms with E-state index in [0.29, 0.717) is 33.8 Å². The molecule has 0 atom stereocenters. The maximum atomic E-state index is 12.9. The molecule has 0 bridgehead atoms. The van der Waals surface area contributed by atoms with E-state index in [1.807, 2.05) is 0 Å². The van der Waals surface area contributed by atoms with Crippen LogP contribution in [0.2, 0.25) is 0 Å². The van der Waals surface area contributed by atoms with Gasteiger partial charge in [-0.3, -0.25) is 4.79 Å². The van der Waals surface area contributed by atoms with Crippen LogP contribution in [0.25, 0.3) is 28.5 Å². The van der Waals surface area contributed by atoms with Crippen molar-refractivity contribution in [2.75, 3.05) is 11.1 Å². The molecule has 0 aliphatic heterocycles. The largest absolute Gasteiger partial charge is 0.426 e. The van der Waals surface area contributed by atoms with E-state index in [9.17, 15) is 14.4 Å². The molecule has 0 radical (unpaired) electrons. The predicted molar refractivity (Wildman–Crippen MR) is 111 cm³/mol. The Bertz CT molecular complexity index is 1210. The van der Waals surface area contributed by atoms with Gasteiger partial charge >= 0.3 is 0 Å². The summed E-state index contributed by atoms with van der Waals surface area (Å²) in [5.41, 5.74) is 9.43. The number of rotatable bonds is 4. The van der Waals surface area contributed by atoms with Crippen LogP contribution >= 0.6 is 0 Å². The van der Waals surface area contributed by atoms with E-state index in [1.54, 1.807) is 60.7 Å². The third kappa shape index (κ3) is 3.93. The molecule has 1 heterocycles. The number of carbonyl (C=O) groups excluding carboxylic acids is 1. The van der Waals surface area contributed by atoms with Gasteiger partial charge < -0.3 is 16.3 Å². The normalized spacial score (nSPS) is 11.2.